The van der Waals surface area contributed by atoms with Gasteiger partial charge in [-0.15, -0.1) is 11.6 Å². The summed E-state index contributed by atoms with van der Waals surface area (Å²) in [5.74, 6) is -1.40. The standard InChI is InChI=1S/C22H24ClFN4O3.C15H11ClFN3O2.C7H14ClNO/c1-29-20-13-19-16(12-21(20)31-8-2-5-28-6-9-30-10-7-28)22(26-14-25-19)27-15-3-4-18(24)17(23)11-15;1-22-14-6-12-9(5-13(14)21)15(19-7-18-12)20-8-2-3-11(17)10(16)4-8;8-2-1-3-9-4-6-10-7-5-9/h3-4,11-14H,2,5-10H2,1H3,(H,25,26,27);2-7,21H,1H3,(H,18,19,20);1-7H2/i1D3,6D2,7D2,9D2,10D2;1D3;4D2,5D2,6D2,7D2. The molecule has 2 fully saturated rings. The van der Waals surface area contributed by atoms with Crippen LogP contribution in [0, 0.1) is 11.6 Å². The Bertz CT molecular complexity index is 3330. The van der Waals surface area contributed by atoms with Gasteiger partial charge < -0.3 is 39.4 Å². The molecule has 3 N–H and O–H groups in total. The fourth-order valence-corrected chi connectivity index (χ4v) is 5.78. The molecule has 2 aliphatic rings. The topological polar surface area (TPSA) is 148 Å². The normalized spacial score (nSPS) is 26.2. The Morgan fingerprint density at radius 1 is 0.698 bits per heavy atom. The molecule has 0 unspecified atom stereocenters. The van der Waals surface area contributed by atoms with Gasteiger partial charge in [0.25, 0.3) is 0 Å². The van der Waals surface area contributed by atoms with Crippen LogP contribution in [0.4, 0.5) is 31.8 Å². The minimum Gasteiger partial charge on any atom is -0.504 e. The predicted molar refractivity (Wildman–Crippen MR) is 243 cm³/mol. The fraction of sp³-hybridized carbons (Fsp3) is 0.364. The molecule has 0 saturated carbocycles. The quantitative estimate of drug-likeness (QED) is 0.0704. The molecule has 2 aromatic heterocycles. The van der Waals surface area contributed by atoms with Gasteiger partial charge in [-0.3, -0.25) is 9.80 Å². The molecule has 2 aliphatic heterocycles. The molecule has 336 valence electrons. The zero-order valence-corrected chi connectivity index (χ0v) is 34.5. The van der Waals surface area contributed by atoms with E-state index in [4.69, 9.17) is 79.2 Å². The third kappa shape index (κ3) is 13.7. The number of nitrogens with one attached hydrogen (secondary N) is 2. The van der Waals surface area contributed by atoms with E-state index in [0.29, 0.717) is 43.3 Å². The Kier molecular flexibility index (Phi) is 9.96. The molecular formula is C44H49Cl3F2N8O6. The lowest BCUT2D eigenvalue weighted by molar-refractivity contribution is 0.0357. The van der Waals surface area contributed by atoms with E-state index in [0.717, 1.165) is 6.07 Å². The van der Waals surface area contributed by atoms with E-state index < -0.39 is 84.5 Å². The SMILES string of the molecule is [2H]C([2H])([2H])Oc1cc2ncnc(Nc3ccc(F)c(Cl)c3)c2cc1O.[2H]C([2H])([2H])Oc1cc2ncnc(Nc3ccc(F)c(Cl)c3)c2cc1OCCCN1C([2H])([2H])C([2H])([2H])OC([2H])([2H])C1([2H])[2H].[2H]C1([2H])OC([2H])([2H])C([2H])([2H])N(CCCCl)C1([2H])[2H]. The van der Waals surface area contributed by atoms with E-state index >= 15 is 0 Å². The van der Waals surface area contributed by atoms with Gasteiger partial charge in [0.2, 0.25) is 0 Å². The molecule has 2 saturated heterocycles. The highest BCUT2D eigenvalue weighted by atomic mass is 35.5. The number of aromatic nitrogens is 4. The number of nitrogens with zero attached hydrogens (tertiary/aromatic N) is 6. The zero-order chi connectivity index (χ0) is 63.9. The molecule has 6 aromatic rings. The van der Waals surface area contributed by atoms with Gasteiger partial charge in [-0.2, -0.15) is 0 Å². The third-order valence-corrected chi connectivity index (χ3v) is 9.07. The number of hydrogen-bond acceptors (Lipinski definition) is 14. The molecule has 8 rings (SSSR count). The first-order valence-electron chi connectivity index (χ1n) is 29.1. The molecule has 0 amide bonds. The van der Waals surface area contributed by atoms with Crippen LogP contribution in [0.1, 0.15) is 43.0 Å². The number of morpholine rings is 2. The van der Waals surface area contributed by atoms with Crippen molar-refractivity contribution in [3.8, 4) is 23.0 Å². The number of ether oxygens (including phenoxy) is 5. The van der Waals surface area contributed by atoms with Gasteiger partial charge in [-0.05, 0) is 67.9 Å². The fourth-order valence-electron chi connectivity index (χ4n) is 5.30. The van der Waals surface area contributed by atoms with Gasteiger partial charge in [0.1, 0.15) is 35.9 Å². The predicted octanol–water partition coefficient (Wildman–Crippen LogP) is 9.10. The molecule has 14 nitrogen and oxygen atoms in total. The molecule has 0 radical (unpaired) electrons. The summed E-state index contributed by atoms with van der Waals surface area (Å²) in [6.07, 6.45) is 2.51. The van der Waals surface area contributed by atoms with Gasteiger partial charge in [0, 0.05) is 83.7 Å². The number of halogens is 5. The lowest BCUT2D eigenvalue weighted by atomic mass is 10.2. The van der Waals surface area contributed by atoms with Crippen molar-refractivity contribution in [3.05, 3.63) is 95.0 Å². The third-order valence-electron chi connectivity index (χ3n) is 8.23. The minimum absolute atomic E-state index is 0.0560. The summed E-state index contributed by atoms with van der Waals surface area (Å²) in [5.41, 5.74) is 1.48. The molecule has 19 heteroatoms. The number of alkyl halides is 1. The Hall–Kier alpha value is -5.07. The molecule has 4 heterocycles. The van der Waals surface area contributed by atoms with E-state index in [1.54, 1.807) is 0 Å². The van der Waals surface area contributed by atoms with E-state index in [1.165, 1.54) is 67.3 Å². The van der Waals surface area contributed by atoms with Crippen LogP contribution in [-0.4, -0.2) is 127 Å². The summed E-state index contributed by atoms with van der Waals surface area (Å²) in [4.78, 5) is 17.3. The average molecular weight is 952 g/mol. The smallest absolute Gasteiger partial charge is 0.162 e. The van der Waals surface area contributed by atoms with Crippen molar-refractivity contribution in [2.24, 2.45) is 0 Å². The van der Waals surface area contributed by atoms with Crippen molar-refractivity contribution < 1.29 is 67.7 Å². The lowest BCUT2D eigenvalue weighted by Gasteiger charge is -2.26. The number of aromatic hydroxyl groups is 1. The first-order chi connectivity index (χ1) is 38.9. The minimum atomic E-state index is -3.18. The molecule has 0 atom stereocenters. The zero-order valence-electron chi connectivity index (χ0n) is 54.2. The van der Waals surface area contributed by atoms with Crippen molar-refractivity contribution in [2.45, 2.75) is 12.8 Å². The van der Waals surface area contributed by atoms with E-state index in [-0.39, 0.29) is 76.3 Å². The molecule has 63 heavy (non-hydrogen) atoms. The van der Waals surface area contributed by atoms with Gasteiger partial charge >= 0.3 is 0 Å². The summed E-state index contributed by atoms with van der Waals surface area (Å²) in [6.45, 7) is -25.0. The van der Waals surface area contributed by atoms with Crippen LogP contribution in [0.3, 0.4) is 0 Å². The van der Waals surface area contributed by atoms with E-state index in [9.17, 15) is 13.9 Å². The van der Waals surface area contributed by atoms with Gasteiger partial charge in [0.15, 0.2) is 23.0 Å². The second kappa shape index (κ2) is 24.1. The number of rotatable bonds is 14. The molecule has 0 aliphatic carbocycles. The highest BCUT2D eigenvalue weighted by Crippen LogP contribution is 2.36. The molecule has 4 aromatic carbocycles. The number of anilines is 4. The second-order valence-corrected chi connectivity index (χ2v) is 13.6. The van der Waals surface area contributed by atoms with Gasteiger partial charge in [-0.1, -0.05) is 23.2 Å². The maximum Gasteiger partial charge on any atom is 0.162 e. The number of hydrogen-bond donors (Lipinski definition) is 3. The number of phenols is 1. The lowest BCUT2D eigenvalue weighted by Crippen LogP contribution is -2.37. The van der Waals surface area contributed by atoms with Gasteiger partial charge in [0.05, 0.1) is 87.2 Å². The van der Waals surface area contributed by atoms with Crippen molar-refractivity contribution in [1.29, 1.82) is 0 Å². The first-order valence-corrected chi connectivity index (χ1v) is 19.4. The largest absolute Gasteiger partial charge is 0.504 e. The Morgan fingerprint density at radius 3 is 1.73 bits per heavy atom. The molecule has 0 bridgehead atoms. The summed E-state index contributed by atoms with van der Waals surface area (Å²) < 4.78 is 219. The maximum absolute atomic E-state index is 13.6. The van der Waals surface area contributed by atoms with Gasteiger partial charge in [-0.25, -0.2) is 28.7 Å². The van der Waals surface area contributed by atoms with Crippen LogP contribution in [-0.2, 0) is 9.47 Å². The van der Waals surface area contributed by atoms with Crippen LogP contribution in [0.15, 0.2) is 73.3 Å². The highest BCUT2D eigenvalue weighted by Gasteiger charge is 2.15. The number of methoxy groups -OCH3 is 2. The Labute approximate surface area is 410 Å². The second-order valence-electron chi connectivity index (χ2n) is 12.4. The van der Waals surface area contributed by atoms with Crippen LogP contribution >= 0.6 is 34.8 Å². The van der Waals surface area contributed by atoms with E-state index in [2.05, 4.69) is 40.0 Å². The van der Waals surface area contributed by atoms with Crippen LogP contribution in [0.5, 0.6) is 23.0 Å². The van der Waals surface area contributed by atoms with Crippen molar-refractivity contribution in [1.82, 2.24) is 29.7 Å². The van der Waals surface area contributed by atoms with Crippen LogP contribution < -0.4 is 24.8 Å². The number of benzene rings is 4. The van der Waals surface area contributed by atoms with Crippen molar-refractivity contribution >= 4 is 79.6 Å². The number of phenolic OH excluding ortho intramolecular Hbond substituents is 1. The molecule has 0 spiro atoms. The maximum atomic E-state index is 13.6. The Balaban J connectivity index is 0.000000227. The van der Waals surface area contributed by atoms with Crippen molar-refractivity contribution in [3.63, 3.8) is 0 Å². The summed E-state index contributed by atoms with van der Waals surface area (Å²) in [6, 6.07) is 13.2. The van der Waals surface area contributed by atoms with Crippen molar-refractivity contribution in [2.75, 3.05) is 103 Å². The first kappa shape index (κ1) is 26.0. The van der Waals surface area contributed by atoms with Crippen LogP contribution in [0.25, 0.3) is 21.8 Å². The number of fused-ring (bicyclic) bond motifs is 2. The summed E-state index contributed by atoms with van der Waals surface area (Å²) in [7, 11) is -5.58. The summed E-state index contributed by atoms with van der Waals surface area (Å²) >= 11 is 17.1. The summed E-state index contributed by atoms with van der Waals surface area (Å²) in [5, 5.41) is 16.5. The average Bonchev–Trinajstić information content (AvgIpc) is 0.810. The van der Waals surface area contributed by atoms with Crippen LogP contribution in [0.2, 0.25) is 10.0 Å². The van der Waals surface area contributed by atoms with E-state index in [1.807, 2.05) is 0 Å². The Morgan fingerprint density at radius 2 is 1.21 bits per heavy atom. The molecular weight excluding hydrogens is 881 g/mol. The highest BCUT2D eigenvalue weighted by molar-refractivity contribution is 6.31. The monoisotopic (exact) mass is 950 g/mol.